The monoisotopic (exact) mass is 403 g/mol. The molecule has 1 aliphatic heterocycles. The average Bonchev–Trinajstić information content (AvgIpc) is 2.71. The zero-order chi connectivity index (χ0) is 20.3. The number of fused-ring (bicyclic) bond motifs is 1. The van der Waals surface area contributed by atoms with E-state index in [0.717, 1.165) is 5.69 Å². The molecule has 28 heavy (non-hydrogen) atoms. The van der Waals surface area contributed by atoms with Gasteiger partial charge in [0.25, 0.3) is 0 Å². The average molecular weight is 404 g/mol. The molecule has 0 aliphatic carbocycles. The van der Waals surface area contributed by atoms with E-state index in [0.29, 0.717) is 47.3 Å². The highest BCUT2D eigenvalue weighted by atomic mass is 35.5. The first-order valence-electron chi connectivity index (χ1n) is 8.69. The fraction of sp³-hybridized carbons (Fsp3) is 0.286. The van der Waals surface area contributed by atoms with Gasteiger partial charge < -0.3 is 23.8 Å². The molecule has 6 nitrogen and oxygen atoms in total. The van der Waals surface area contributed by atoms with Gasteiger partial charge in [-0.2, -0.15) is 0 Å². The van der Waals surface area contributed by atoms with Crippen LogP contribution in [0.3, 0.4) is 0 Å². The lowest BCUT2D eigenvalue weighted by Gasteiger charge is -2.20. The Hall–Kier alpha value is -2.86. The molecule has 0 aromatic heterocycles. The van der Waals surface area contributed by atoms with E-state index in [-0.39, 0.29) is 10.8 Å². The summed E-state index contributed by atoms with van der Waals surface area (Å²) in [6.45, 7) is 0.949. The first-order chi connectivity index (χ1) is 13.4. The number of ketones is 1. The Morgan fingerprint density at radius 1 is 1.04 bits per heavy atom. The number of rotatable bonds is 6. The van der Waals surface area contributed by atoms with Gasteiger partial charge in [0.15, 0.2) is 11.5 Å². The minimum absolute atomic E-state index is 0.0600. The maximum absolute atomic E-state index is 12.9. The number of nitrogens with zero attached hydrogens (tertiary/aromatic N) is 1. The Balaban J connectivity index is 1.95. The molecular formula is C21H22ClNO5. The Labute approximate surface area is 169 Å². The normalized spacial score (nSPS) is 13.1. The number of anilines is 1. The minimum Gasteiger partial charge on any atom is -0.496 e. The molecule has 2 aromatic carbocycles. The number of carbonyl (C=O) groups is 1. The largest absolute Gasteiger partial charge is 0.496 e. The third-order valence-electron chi connectivity index (χ3n) is 4.32. The molecule has 0 amide bonds. The molecule has 0 fully saturated rings. The summed E-state index contributed by atoms with van der Waals surface area (Å²) in [5.74, 6) is 2.11. The van der Waals surface area contributed by atoms with Crippen molar-refractivity contribution in [2.24, 2.45) is 0 Å². The van der Waals surface area contributed by atoms with Crippen LogP contribution in [0.15, 0.2) is 35.4 Å². The molecule has 0 saturated carbocycles. The van der Waals surface area contributed by atoms with Crippen molar-refractivity contribution in [1.29, 1.82) is 0 Å². The fourth-order valence-corrected chi connectivity index (χ4v) is 3.12. The van der Waals surface area contributed by atoms with Crippen molar-refractivity contribution in [3.05, 3.63) is 46.5 Å². The van der Waals surface area contributed by atoms with Crippen LogP contribution in [0.1, 0.15) is 15.9 Å². The number of Topliss-reactive ketones (excluding diaryl/α,β-unsaturated/α-hetero) is 1. The molecule has 1 heterocycles. The summed E-state index contributed by atoms with van der Waals surface area (Å²) in [5.41, 5.74) is 1.88. The summed E-state index contributed by atoms with van der Waals surface area (Å²) in [6.07, 6.45) is 1.57. The van der Waals surface area contributed by atoms with Crippen molar-refractivity contribution in [2.45, 2.75) is 0 Å². The molecule has 0 radical (unpaired) electrons. The molecule has 0 saturated heterocycles. The molecule has 0 bridgehead atoms. The van der Waals surface area contributed by atoms with E-state index in [9.17, 15) is 4.79 Å². The smallest absolute Gasteiger partial charge is 0.204 e. The van der Waals surface area contributed by atoms with Gasteiger partial charge in [0.05, 0.1) is 24.9 Å². The Bertz CT molecular complexity index is 923. The second-order valence-electron chi connectivity index (χ2n) is 6.34. The van der Waals surface area contributed by atoms with E-state index in [1.54, 1.807) is 50.6 Å². The zero-order valence-electron chi connectivity index (χ0n) is 16.2. The molecule has 0 unspecified atom stereocenters. The zero-order valence-corrected chi connectivity index (χ0v) is 17.0. The lowest BCUT2D eigenvalue weighted by molar-refractivity contribution is 0.104. The second kappa shape index (κ2) is 8.44. The van der Waals surface area contributed by atoms with E-state index in [2.05, 4.69) is 0 Å². The van der Waals surface area contributed by atoms with Crippen LogP contribution in [0.2, 0.25) is 0 Å². The van der Waals surface area contributed by atoms with E-state index < -0.39 is 0 Å². The maximum atomic E-state index is 12.9. The van der Waals surface area contributed by atoms with Crippen molar-refractivity contribution >= 4 is 29.1 Å². The van der Waals surface area contributed by atoms with Gasteiger partial charge in [-0.15, -0.1) is 0 Å². The molecule has 0 N–H and O–H groups in total. The van der Waals surface area contributed by atoms with Crippen molar-refractivity contribution in [2.75, 3.05) is 46.4 Å². The molecule has 1 aliphatic rings. The summed E-state index contributed by atoms with van der Waals surface area (Å²) < 4.78 is 21.9. The van der Waals surface area contributed by atoms with Gasteiger partial charge in [0.1, 0.15) is 24.7 Å². The molecule has 3 rings (SSSR count). The van der Waals surface area contributed by atoms with Crippen molar-refractivity contribution in [3.8, 4) is 23.0 Å². The number of halogens is 1. The number of carbonyl (C=O) groups excluding carboxylic acids is 1. The Kier molecular flexibility index (Phi) is 5.99. The lowest BCUT2D eigenvalue weighted by atomic mass is 10.1. The maximum Gasteiger partial charge on any atom is 0.204 e. The molecule has 7 heteroatoms. The van der Waals surface area contributed by atoms with Gasteiger partial charge in [-0.25, -0.2) is 0 Å². The van der Waals surface area contributed by atoms with E-state index in [1.165, 1.54) is 0 Å². The van der Waals surface area contributed by atoms with Crippen molar-refractivity contribution in [1.82, 2.24) is 0 Å². The third-order valence-corrected chi connectivity index (χ3v) is 4.60. The standard InChI is InChI=1S/C21H22ClNO5/c1-23(2)16-10-13(5-6-17(16)25-3)21(24)15(22)9-14-11-19-20(12-18(14)26-4)28-8-7-27-19/h5-6,9-12H,7-8H2,1-4H3/b15-9+. The summed E-state index contributed by atoms with van der Waals surface area (Å²) in [6, 6.07) is 8.66. The number of methoxy groups -OCH3 is 2. The van der Waals surface area contributed by atoms with Crippen molar-refractivity contribution in [3.63, 3.8) is 0 Å². The topological polar surface area (TPSA) is 57.2 Å². The van der Waals surface area contributed by atoms with Crippen LogP contribution >= 0.6 is 11.6 Å². The number of hydrogen-bond acceptors (Lipinski definition) is 6. The number of allylic oxidation sites excluding steroid dienone is 1. The van der Waals surface area contributed by atoms with Gasteiger partial charge >= 0.3 is 0 Å². The van der Waals surface area contributed by atoms with E-state index in [4.69, 9.17) is 30.5 Å². The highest BCUT2D eigenvalue weighted by Crippen LogP contribution is 2.38. The van der Waals surface area contributed by atoms with Crippen LogP contribution in [0.4, 0.5) is 5.69 Å². The Morgan fingerprint density at radius 2 is 1.68 bits per heavy atom. The highest BCUT2D eigenvalue weighted by Gasteiger charge is 2.18. The van der Waals surface area contributed by atoms with Gasteiger partial charge in [-0.1, -0.05) is 11.6 Å². The summed E-state index contributed by atoms with van der Waals surface area (Å²) in [7, 11) is 6.89. The van der Waals surface area contributed by atoms with E-state index in [1.807, 2.05) is 19.0 Å². The van der Waals surface area contributed by atoms with Crippen LogP contribution in [0.5, 0.6) is 23.0 Å². The lowest BCUT2D eigenvalue weighted by Crippen LogP contribution is -2.15. The molecule has 2 aromatic rings. The minimum atomic E-state index is -0.302. The molecule has 0 atom stereocenters. The summed E-state index contributed by atoms with van der Waals surface area (Å²) >= 11 is 6.36. The van der Waals surface area contributed by atoms with Crippen LogP contribution in [0.25, 0.3) is 6.08 Å². The van der Waals surface area contributed by atoms with Gasteiger partial charge in [-0.3, -0.25) is 4.79 Å². The predicted octanol–water partition coefficient (Wildman–Crippen LogP) is 4.00. The first-order valence-corrected chi connectivity index (χ1v) is 9.07. The SMILES string of the molecule is COc1cc2c(cc1/C=C(/Cl)C(=O)c1ccc(OC)c(N(C)C)c1)OCCO2. The third kappa shape index (κ3) is 4.02. The van der Waals surface area contributed by atoms with Gasteiger partial charge in [0.2, 0.25) is 5.78 Å². The second-order valence-corrected chi connectivity index (χ2v) is 6.75. The van der Waals surface area contributed by atoms with Crippen LogP contribution in [-0.4, -0.2) is 47.3 Å². The fourth-order valence-electron chi connectivity index (χ4n) is 2.90. The van der Waals surface area contributed by atoms with Crippen molar-refractivity contribution < 1.29 is 23.7 Å². The van der Waals surface area contributed by atoms with Crippen LogP contribution in [0, 0.1) is 0 Å². The molecular weight excluding hydrogens is 382 g/mol. The highest BCUT2D eigenvalue weighted by molar-refractivity contribution is 6.47. The number of hydrogen-bond donors (Lipinski definition) is 0. The summed E-state index contributed by atoms with van der Waals surface area (Å²) in [4.78, 5) is 14.7. The number of ether oxygens (including phenoxy) is 4. The summed E-state index contributed by atoms with van der Waals surface area (Å²) in [5, 5.41) is 0.0600. The predicted molar refractivity (Wildman–Crippen MR) is 109 cm³/mol. The van der Waals surface area contributed by atoms with Crippen LogP contribution in [-0.2, 0) is 0 Å². The molecule has 148 valence electrons. The van der Waals surface area contributed by atoms with Gasteiger partial charge in [-0.05, 0) is 30.3 Å². The molecule has 0 spiro atoms. The quantitative estimate of drug-likeness (QED) is 0.536. The Morgan fingerprint density at radius 3 is 2.29 bits per heavy atom. The first kappa shape index (κ1) is 19.9. The van der Waals surface area contributed by atoms with E-state index >= 15 is 0 Å². The van der Waals surface area contributed by atoms with Crippen LogP contribution < -0.4 is 23.8 Å². The number of benzene rings is 2. The van der Waals surface area contributed by atoms with Gasteiger partial charge in [0, 0.05) is 31.3 Å².